The van der Waals surface area contributed by atoms with Crippen LogP contribution in [-0.4, -0.2) is 49.1 Å². The summed E-state index contributed by atoms with van der Waals surface area (Å²) in [7, 11) is 2.75. The molecule has 4 N–H and O–H groups in total. The van der Waals surface area contributed by atoms with E-state index in [4.69, 9.17) is 9.47 Å². The Balaban J connectivity index is 1.33. The maximum atomic E-state index is 13.7. The van der Waals surface area contributed by atoms with E-state index in [1.807, 2.05) is 13.0 Å². The van der Waals surface area contributed by atoms with Gasteiger partial charge in [0.25, 0.3) is 17.7 Å². The summed E-state index contributed by atoms with van der Waals surface area (Å²) in [6, 6.07) is 31.5. The van der Waals surface area contributed by atoms with Crippen LogP contribution in [0.3, 0.4) is 0 Å². The normalized spacial score (nSPS) is 11.5. The lowest BCUT2D eigenvalue weighted by Gasteiger charge is -2.16. The Hall–Kier alpha value is -6.18. The number of ether oxygens (including phenoxy) is 2. The van der Waals surface area contributed by atoms with Gasteiger partial charge in [-0.15, -0.1) is 23.1 Å². The van der Waals surface area contributed by atoms with Crippen LogP contribution in [0, 0.1) is 6.92 Å². The molecular formula is C41H38N4O7S2. The summed E-state index contributed by atoms with van der Waals surface area (Å²) in [5, 5.41) is 10.8. The largest absolute Gasteiger partial charge is 0.496 e. The number of hydrogen-bond donors (Lipinski definition) is 4. The zero-order valence-corrected chi connectivity index (χ0v) is 31.6. The molecule has 0 aliphatic rings. The van der Waals surface area contributed by atoms with Gasteiger partial charge in [-0.3, -0.25) is 19.2 Å². The van der Waals surface area contributed by atoms with Crippen LogP contribution in [0.25, 0.3) is 6.08 Å². The Morgan fingerprint density at radius 1 is 0.778 bits per heavy atom. The number of benzene rings is 4. The first kappa shape index (κ1) is 39.0. The Morgan fingerprint density at radius 3 is 2.13 bits per heavy atom. The highest BCUT2D eigenvalue weighted by molar-refractivity contribution is 8.00. The molecule has 1 unspecified atom stereocenters. The molecule has 0 aliphatic carbocycles. The highest BCUT2D eigenvalue weighted by atomic mass is 32.2. The molecule has 5 rings (SSSR count). The van der Waals surface area contributed by atoms with Crippen molar-refractivity contribution in [1.82, 2.24) is 5.32 Å². The second-order valence-corrected chi connectivity index (χ2v) is 14.0. The van der Waals surface area contributed by atoms with Crippen LogP contribution >= 0.6 is 23.1 Å². The van der Waals surface area contributed by atoms with Crippen molar-refractivity contribution in [3.63, 3.8) is 0 Å². The number of hydrogen-bond acceptors (Lipinski definition) is 9. The zero-order chi connectivity index (χ0) is 38.6. The molecule has 0 fully saturated rings. The maximum absolute atomic E-state index is 13.7. The number of carbonyl (C=O) groups excluding carboxylic acids is 5. The first-order valence-corrected chi connectivity index (χ1v) is 18.5. The number of anilines is 3. The van der Waals surface area contributed by atoms with Crippen molar-refractivity contribution in [2.24, 2.45) is 0 Å². The minimum absolute atomic E-state index is 0.0123. The van der Waals surface area contributed by atoms with Gasteiger partial charge in [0.1, 0.15) is 16.4 Å². The van der Waals surface area contributed by atoms with E-state index >= 15 is 0 Å². The maximum Gasteiger partial charge on any atom is 0.341 e. The molecule has 1 aromatic heterocycles. The fourth-order valence-corrected chi connectivity index (χ4v) is 7.39. The minimum atomic E-state index is -0.680. The predicted octanol–water partition coefficient (Wildman–Crippen LogP) is 8.02. The molecule has 0 saturated heterocycles. The van der Waals surface area contributed by atoms with Crippen LogP contribution in [-0.2, 0) is 14.3 Å². The smallest absolute Gasteiger partial charge is 0.341 e. The van der Waals surface area contributed by atoms with E-state index in [-0.39, 0.29) is 27.0 Å². The SMILES string of the molecule is CCC(Sc1cccc(NC(=O)/C(=C\c2ccccc2OC)NC(=O)c2ccccc2)c1)C(=O)Nc1sc(C(=O)Nc2ccccc2)c(C)c1C(=O)OC. The molecule has 0 radical (unpaired) electrons. The highest BCUT2D eigenvalue weighted by Gasteiger charge is 2.28. The lowest BCUT2D eigenvalue weighted by molar-refractivity contribution is -0.116. The number of thioether (sulfide) groups is 1. The molecular weight excluding hydrogens is 725 g/mol. The lowest BCUT2D eigenvalue weighted by Crippen LogP contribution is -2.30. The molecule has 4 amide bonds. The number of carbonyl (C=O) groups is 5. The summed E-state index contributed by atoms with van der Waals surface area (Å²) >= 11 is 2.26. The first-order chi connectivity index (χ1) is 26.1. The van der Waals surface area contributed by atoms with Crippen LogP contribution in [0.5, 0.6) is 5.75 Å². The van der Waals surface area contributed by atoms with Crippen molar-refractivity contribution in [3.8, 4) is 5.75 Å². The average Bonchev–Trinajstić information content (AvgIpc) is 3.52. The third-order valence-electron chi connectivity index (χ3n) is 8.01. The third-order valence-corrected chi connectivity index (χ3v) is 10.6. The van der Waals surface area contributed by atoms with Gasteiger partial charge >= 0.3 is 5.97 Å². The van der Waals surface area contributed by atoms with Crippen LogP contribution in [0.15, 0.2) is 120 Å². The van der Waals surface area contributed by atoms with Gasteiger partial charge in [0.05, 0.1) is 29.9 Å². The van der Waals surface area contributed by atoms with Crippen molar-refractivity contribution in [2.45, 2.75) is 30.4 Å². The first-order valence-electron chi connectivity index (χ1n) is 16.8. The van der Waals surface area contributed by atoms with Crippen LogP contribution in [0.2, 0.25) is 0 Å². The number of methoxy groups -OCH3 is 2. The third kappa shape index (κ3) is 9.82. The zero-order valence-electron chi connectivity index (χ0n) is 29.9. The summed E-state index contributed by atoms with van der Waals surface area (Å²) < 4.78 is 10.4. The molecule has 0 spiro atoms. The van der Waals surface area contributed by atoms with E-state index in [0.717, 1.165) is 11.3 Å². The molecule has 11 nitrogen and oxygen atoms in total. The van der Waals surface area contributed by atoms with Gasteiger partial charge in [-0.2, -0.15) is 0 Å². The number of rotatable bonds is 14. The second kappa shape index (κ2) is 18.5. The number of para-hydroxylation sites is 2. The summed E-state index contributed by atoms with van der Waals surface area (Å²) in [5.41, 5.74) is 2.45. The van der Waals surface area contributed by atoms with Crippen molar-refractivity contribution in [2.75, 3.05) is 30.2 Å². The Bertz CT molecular complexity index is 2190. The van der Waals surface area contributed by atoms with Crippen LogP contribution < -0.4 is 26.0 Å². The fourth-order valence-electron chi connectivity index (χ4n) is 5.28. The molecule has 0 aliphatic heterocycles. The van der Waals surface area contributed by atoms with Crippen molar-refractivity contribution < 1.29 is 33.4 Å². The molecule has 54 heavy (non-hydrogen) atoms. The second-order valence-electron chi connectivity index (χ2n) is 11.7. The van der Waals surface area contributed by atoms with Gasteiger partial charge in [0.2, 0.25) is 5.91 Å². The van der Waals surface area contributed by atoms with E-state index in [1.54, 1.807) is 110 Å². The Labute approximate surface area is 321 Å². The number of nitrogens with one attached hydrogen (secondary N) is 4. The summed E-state index contributed by atoms with van der Waals surface area (Å²) in [6.45, 7) is 3.49. The summed E-state index contributed by atoms with van der Waals surface area (Å²) in [5.74, 6) is -2.01. The van der Waals surface area contributed by atoms with Crippen LogP contribution in [0.1, 0.15) is 54.9 Å². The monoisotopic (exact) mass is 762 g/mol. The standard InChI is InChI=1S/C41H38N4O7S2/c1-5-33(38(48)45-40-34(41(50)52-4)25(2)35(54-40)39(49)42-28-18-10-7-11-19-28)53-30-21-14-20-29(24-30)43-37(47)31(23-27-17-12-13-22-32(27)51-3)44-36(46)26-15-8-6-9-16-26/h6-24,33H,5H2,1-4H3,(H,42,49)(H,43,47)(H,44,46)(H,45,48)/b31-23+. The van der Waals surface area contributed by atoms with Crippen molar-refractivity contribution >= 4 is 75.1 Å². The molecule has 0 saturated carbocycles. The summed E-state index contributed by atoms with van der Waals surface area (Å²) in [4.78, 5) is 67.5. The van der Waals surface area contributed by atoms with Crippen molar-refractivity contribution in [1.29, 1.82) is 0 Å². The Kier molecular flexibility index (Phi) is 13.4. The molecule has 13 heteroatoms. The van der Waals surface area contributed by atoms with Gasteiger partial charge in [0, 0.05) is 27.4 Å². The number of thiophene rings is 1. The minimum Gasteiger partial charge on any atom is -0.496 e. The molecule has 5 aromatic rings. The molecule has 4 aromatic carbocycles. The average molecular weight is 763 g/mol. The van der Waals surface area contributed by atoms with Crippen LogP contribution in [0.4, 0.5) is 16.4 Å². The van der Waals surface area contributed by atoms with Crippen molar-refractivity contribution in [3.05, 3.63) is 142 Å². The molecule has 0 bridgehead atoms. The predicted molar refractivity (Wildman–Crippen MR) is 213 cm³/mol. The molecule has 276 valence electrons. The van der Waals surface area contributed by atoms with E-state index in [0.29, 0.717) is 45.1 Å². The van der Waals surface area contributed by atoms with Gasteiger partial charge in [-0.05, 0) is 73.5 Å². The van der Waals surface area contributed by atoms with Gasteiger partial charge in [-0.25, -0.2) is 4.79 Å². The van der Waals surface area contributed by atoms with E-state index < -0.39 is 28.9 Å². The number of esters is 1. The Morgan fingerprint density at radius 2 is 1.44 bits per heavy atom. The van der Waals surface area contributed by atoms with Gasteiger partial charge < -0.3 is 30.7 Å². The summed E-state index contributed by atoms with van der Waals surface area (Å²) in [6.07, 6.45) is 1.96. The topological polar surface area (TPSA) is 152 Å². The highest BCUT2D eigenvalue weighted by Crippen LogP contribution is 2.36. The quantitative estimate of drug-likeness (QED) is 0.0505. The van der Waals surface area contributed by atoms with Gasteiger partial charge in [-0.1, -0.05) is 67.6 Å². The molecule has 1 atom stereocenters. The van der Waals surface area contributed by atoms with E-state index in [1.165, 1.54) is 32.1 Å². The number of amides is 4. The van der Waals surface area contributed by atoms with Gasteiger partial charge in [0.15, 0.2) is 0 Å². The lowest BCUT2D eigenvalue weighted by atomic mass is 10.1. The fraction of sp³-hybridized carbons (Fsp3) is 0.146. The van der Waals surface area contributed by atoms with E-state index in [9.17, 15) is 24.0 Å². The molecule has 1 heterocycles. The van der Waals surface area contributed by atoms with E-state index in [2.05, 4.69) is 21.3 Å².